The molecule has 1 amide bonds. The van der Waals surface area contributed by atoms with Gasteiger partial charge in [-0.05, 0) is 87.3 Å². The van der Waals surface area contributed by atoms with Crippen molar-refractivity contribution in [1.29, 1.82) is 0 Å². The fourth-order valence-corrected chi connectivity index (χ4v) is 6.97. The first kappa shape index (κ1) is 31.1. The molecule has 236 valence electrons. The van der Waals surface area contributed by atoms with Gasteiger partial charge in [-0.3, -0.25) is 23.9 Å². The highest BCUT2D eigenvalue weighted by Gasteiger charge is 2.36. The summed E-state index contributed by atoms with van der Waals surface area (Å²) in [6.07, 6.45) is 5.51. The number of hydrogen-bond donors (Lipinski definition) is 1. The Morgan fingerprint density at radius 1 is 1.07 bits per heavy atom. The van der Waals surface area contributed by atoms with Crippen LogP contribution in [0.25, 0.3) is 16.7 Å². The zero-order chi connectivity index (χ0) is 31.9. The second-order valence-electron chi connectivity index (χ2n) is 12.3. The normalized spacial score (nSPS) is 20.1. The van der Waals surface area contributed by atoms with Crippen molar-refractivity contribution in [2.24, 2.45) is 10.9 Å². The Hall–Kier alpha value is -3.85. The Kier molecular flexibility index (Phi) is 8.66. The first-order chi connectivity index (χ1) is 21.6. The number of carbonyl (C=O) groups is 1. The zero-order valence-corrected chi connectivity index (χ0v) is 26.6. The number of alkyl halides is 2. The van der Waals surface area contributed by atoms with Gasteiger partial charge < -0.3 is 5.32 Å². The number of aromatic nitrogens is 3. The van der Waals surface area contributed by atoms with Crippen LogP contribution in [0.4, 0.5) is 8.78 Å². The highest BCUT2D eigenvalue weighted by molar-refractivity contribution is 6.30. The lowest BCUT2D eigenvalue weighted by Gasteiger charge is -2.29. The average Bonchev–Trinajstić information content (AvgIpc) is 3.32. The van der Waals surface area contributed by atoms with E-state index in [2.05, 4.69) is 29.4 Å². The molecule has 0 spiro atoms. The summed E-state index contributed by atoms with van der Waals surface area (Å²) in [4.78, 5) is 35.8. The summed E-state index contributed by atoms with van der Waals surface area (Å²) in [5, 5.41) is 3.06. The molecule has 1 N–H and O–H groups in total. The van der Waals surface area contributed by atoms with Crippen LogP contribution in [-0.2, 0) is 18.9 Å². The number of aliphatic imine (C=N–C) groups is 1. The van der Waals surface area contributed by atoms with Crippen molar-refractivity contribution in [3.05, 3.63) is 92.6 Å². The fourth-order valence-electron chi connectivity index (χ4n) is 6.81. The van der Waals surface area contributed by atoms with Crippen LogP contribution in [0.5, 0.6) is 0 Å². The van der Waals surface area contributed by atoms with Gasteiger partial charge in [0.2, 0.25) is 0 Å². The van der Waals surface area contributed by atoms with Gasteiger partial charge in [-0.25, -0.2) is 4.79 Å². The topological polar surface area (TPSA) is 81.3 Å². The quantitative estimate of drug-likeness (QED) is 0.218. The van der Waals surface area contributed by atoms with E-state index < -0.39 is 23.9 Å². The molecule has 2 aliphatic rings. The van der Waals surface area contributed by atoms with Gasteiger partial charge >= 0.3 is 5.69 Å². The third-order valence-electron chi connectivity index (χ3n) is 9.39. The predicted molar refractivity (Wildman–Crippen MR) is 174 cm³/mol. The monoisotopic (exact) mass is 633 g/mol. The summed E-state index contributed by atoms with van der Waals surface area (Å²) >= 11 is 6.01. The van der Waals surface area contributed by atoms with E-state index in [9.17, 15) is 18.4 Å². The number of imidazole rings is 1. The number of nitrogens with one attached hydrogen (secondary N) is 1. The van der Waals surface area contributed by atoms with Gasteiger partial charge in [0.25, 0.3) is 11.8 Å². The maximum absolute atomic E-state index is 14.5. The number of nitrogens with zero attached hydrogens (tertiary/aromatic N) is 4. The molecule has 0 bridgehead atoms. The van der Waals surface area contributed by atoms with Gasteiger partial charge in [0, 0.05) is 36.5 Å². The average molecular weight is 634 g/mol. The molecule has 0 radical (unpaired) electrons. The van der Waals surface area contributed by atoms with Crippen LogP contribution in [-0.4, -0.2) is 37.8 Å². The van der Waals surface area contributed by atoms with Crippen molar-refractivity contribution in [2.45, 2.75) is 90.3 Å². The molecule has 1 unspecified atom stereocenters. The van der Waals surface area contributed by atoms with Crippen molar-refractivity contribution in [2.75, 3.05) is 0 Å². The minimum absolute atomic E-state index is 0.0822. The molecule has 6 rings (SSSR count). The van der Waals surface area contributed by atoms with E-state index in [4.69, 9.17) is 16.6 Å². The van der Waals surface area contributed by atoms with Crippen LogP contribution < -0.4 is 11.0 Å². The van der Waals surface area contributed by atoms with Gasteiger partial charge in [-0.15, -0.1) is 0 Å². The molecular formula is C35H38ClF2N5O2. The molecule has 3 heterocycles. The summed E-state index contributed by atoms with van der Waals surface area (Å²) in [7, 11) is 0. The largest absolute Gasteiger partial charge is 0.349 e. The van der Waals surface area contributed by atoms with E-state index in [0.717, 1.165) is 59.9 Å². The van der Waals surface area contributed by atoms with Crippen LogP contribution in [0, 0.1) is 5.92 Å². The second kappa shape index (κ2) is 12.5. The smallest absolute Gasteiger partial charge is 0.333 e. The molecule has 45 heavy (non-hydrogen) atoms. The number of pyridine rings is 1. The van der Waals surface area contributed by atoms with E-state index in [1.807, 2.05) is 41.8 Å². The molecule has 4 aromatic rings. The Labute approximate surface area is 266 Å². The summed E-state index contributed by atoms with van der Waals surface area (Å²) < 4.78 is 32.7. The van der Waals surface area contributed by atoms with E-state index in [0.29, 0.717) is 25.4 Å². The van der Waals surface area contributed by atoms with Crippen LogP contribution in [0.1, 0.15) is 86.5 Å². The maximum Gasteiger partial charge on any atom is 0.333 e. The van der Waals surface area contributed by atoms with Crippen LogP contribution in [0.15, 0.2) is 64.5 Å². The Bertz CT molecular complexity index is 1840. The minimum Gasteiger partial charge on any atom is -0.349 e. The number of amides is 1. The van der Waals surface area contributed by atoms with Gasteiger partial charge in [0.15, 0.2) is 0 Å². The van der Waals surface area contributed by atoms with E-state index >= 15 is 0 Å². The molecule has 1 saturated carbocycles. The first-order valence-electron chi connectivity index (χ1n) is 15.8. The van der Waals surface area contributed by atoms with Crippen molar-refractivity contribution in [1.82, 2.24) is 19.4 Å². The fraction of sp³-hybridized carbons (Fsp3) is 0.429. The first-order valence-corrected chi connectivity index (χ1v) is 16.2. The molecule has 2 aromatic heterocycles. The number of benzene rings is 2. The van der Waals surface area contributed by atoms with E-state index in [1.54, 1.807) is 4.57 Å². The maximum atomic E-state index is 14.5. The zero-order valence-electron chi connectivity index (χ0n) is 25.8. The third kappa shape index (κ3) is 6.07. The number of halogens is 3. The number of rotatable bonds is 8. The molecule has 7 nitrogen and oxygen atoms in total. The molecule has 1 aliphatic carbocycles. The lowest BCUT2D eigenvalue weighted by Crippen LogP contribution is -2.39. The number of fused-ring (bicyclic) bond motifs is 2. The van der Waals surface area contributed by atoms with Crippen molar-refractivity contribution < 1.29 is 13.6 Å². The molecule has 1 atom stereocenters. The molecule has 0 saturated heterocycles. The second-order valence-corrected chi connectivity index (χ2v) is 12.8. The lowest BCUT2D eigenvalue weighted by atomic mass is 9.85. The summed E-state index contributed by atoms with van der Waals surface area (Å²) in [6, 6.07) is 15.5. The molecule has 1 aliphatic heterocycles. The van der Waals surface area contributed by atoms with Crippen molar-refractivity contribution in [3.8, 4) is 5.69 Å². The van der Waals surface area contributed by atoms with Crippen molar-refractivity contribution >= 4 is 34.3 Å². The van der Waals surface area contributed by atoms with Crippen LogP contribution in [0.3, 0.4) is 0 Å². The number of para-hydroxylation sites is 2. The standard InChI is InChI=1S/C35H38ClF2N5O2/c1-4-25-16-23-12-15-27(18-28(23)21(3)40-25)43-31-9-7-6-8-30(31)42(34(43)45)20-22-10-13-26(14-11-22)41-33(44)29-17-24(36)19-39-32(29)35(37,38)5-2/h6-9,12,15,17-19,22,25-26H,4-5,10-11,13-14,16,20H2,1-3H3,(H,41,44). The van der Waals surface area contributed by atoms with Gasteiger partial charge in [0.1, 0.15) is 5.69 Å². The van der Waals surface area contributed by atoms with Gasteiger partial charge in [0.05, 0.1) is 33.3 Å². The number of hydrogen-bond acceptors (Lipinski definition) is 4. The van der Waals surface area contributed by atoms with Gasteiger partial charge in [-0.1, -0.05) is 43.6 Å². The summed E-state index contributed by atoms with van der Waals surface area (Å²) in [5.41, 5.74) is 5.11. The molecule has 2 aromatic carbocycles. The van der Waals surface area contributed by atoms with Crippen LogP contribution in [0.2, 0.25) is 5.02 Å². The SMILES string of the molecule is CCC1Cc2ccc(-n3c(=O)n(CC4CCC(NC(=O)c5cc(Cl)cnc5C(F)(F)CC)CC4)c4ccccc43)cc2C(C)=N1. The van der Waals surface area contributed by atoms with E-state index in [1.165, 1.54) is 18.6 Å². The molecular weight excluding hydrogens is 596 g/mol. The summed E-state index contributed by atoms with van der Waals surface area (Å²) in [5.74, 6) is -3.59. The summed E-state index contributed by atoms with van der Waals surface area (Å²) in [6.45, 7) is 6.11. The van der Waals surface area contributed by atoms with Gasteiger partial charge in [-0.2, -0.15) is 8.78 Å². The van der Waals surface area contributed by atoms with Crippen molar-refractivity contribution in [3.63, 3.8) is 0 Å². The molecule has 1 fully saturated rings. The molecule has 10 heteroatoms. The Morgan fingerprint density at radius 2 is 1.80 bits per heavy atom. The Morgan fingerprint density at radius 3 is 2.51 bits per heavy atom. The lowest BCUT2D eigenvalue weighted by molar-refractivity contribution is -0.0136. The number of carbonyl (C=O) groups excluding carboxylic acids is 1. The third-order valence-corrected chi connectivity index (χ3v) is 9.60. The van der Waals surface area contributed by atoms with E-state index in [-0.39, 0.29) is 28.2 Å². The highest BCUT2D eigenvalue weighted by Crippen LogP contribution is 2.34. The highest BCUT2D eigenvalue weighted by atomic mass is 35.5. The predicted octanol–water partition coefficient (Wildman–Crippen LogP) is 7.47. The Balaban J connectivity index is 1.19. The van der Waals surface area contributed by atoms with Crippen LogP contribution >= 0.6 is 11.6 Å². The minimum atomic E-state index is -3.23.